The minimum atomic E-state index is -0.541. The summed E-state index contributed by atoms with van der Waals surface area (Å²) < 4.78 is 1.70. The number of amides is 2. The molecule has 7 nitrogen and oxygen atoms in total. The molecule has 0 unspecified atom stereocenters. The fraction of sp³-hybridized carbons (Fsp3) is 0.682. The summed E-state index contributed by atoms with van der Waals surface area (Å²) in [5, 5.41) is 3.23. The molecule has 0 aromatic carbocycles. The zero-order valence-corrected chi connectivity index (χ0v) is 17.6. The Morgan fingerprint density at radius 2 is 1.86 bits per heavy atom. The molecule has 1 aromatic rings. The van der Waals surface area contributed by atoms with Gasteiger partial charge in [-0.1, -0.05) is 6.07 Å². The molecule has 2 amide bonds. The largest absolute Gasteiger partial charge is 0.351 e. The normalized spacial score (nSPS) is 27.6. The van der Waals surface area contributed by atoms with Gasteiger partial charge in [-0.3, -0.25) is 19.0 Å². The molecule has 3 atom stereocenters. The molecule has 0 aliphatic carbocycles. The van der Waals surface area contributed by atoms with E-state index in [1.807, 2.05) is 11.0 Å². The van der Waals surface area contributed by atoms with Crippen LogP contribution in [0.4, 0.5) is 0 Å². The molecular weight excluding hydrogens is 368 g/mol. The lowest BCUT2D eigenvalue weighted by molar-refractivity contribution is -0.136. The quantitative estimate of drug-likeness (QED) is 0.831. The summed E-state index contributed by atoms with van der Waals surface area (Å²) in [6.45, 7) is 9.10. The third-order valence-corrected chi connectivity index (χ3v) is 6.97. The summed E-state index contributed by atoms with van der Waals surface area (Å²) in [4.78, 5) is 42.4. The summed E-state index contributed by atoms with van der Waals surface area (Å²) in [6.07, 6.45) is 2.71. The summed E-state index contributed by atoms with van der Waals surface area (Å²) in [7, 11) is 0. The van der Waals surface area contributed by atoms with Crippen molar-refractivity contribution in [2.24, 2.45) is 5.92 Å². The monoisotopic (exact) mass is 400 g/mol. The Hall–Kier alpha value is -2.15. The van der Waals surface area contributed by atoms with Crippen LogP contribution in [0.5, 0.6) is 0 Å². The van der Waals surface area contributed by atoms with E-state index in [1.165, 1.54) is 6.07 Å². The van der Waals surface area contributed by atoms with Crippen LogP contribution in [0.3, 0.4) is 0 Å². The molecule has 1 aromatic heterocycles. The maximum absolute atomic E-state index is 13.4. The van der Waals surface area contributed by atoms with Gasteiger partial charge < -0.3 is 15.1 Å². The summed E-state index contributed by atoms with van der Waals surface area (Å²) >= 11 is 0. The van der Waals surface area contributed by atoms with E-state index < -0.39 is 6.04 Å². The summed E-state index contributed by atoms with van der Waals surface area (Å²) in [5.74, 6) is 0.0499. The van der Waals surface area contributed by atoms with Crippen molar-refractivity contribution in [3.63, 3.8) is 0 Å². The van der Waals surface area contributed by atoms with E-state index in [2.05, 4.69) is 24.1 Å². The number of pyridine rings is 1. The smallest absolute Gasteiger partial charge is 0.251 e. The summed E-state index contributed by atoms with van der Waals surface area (Å²) in [6, 6.07) is 5.36. The molecule has 3 aliphatic heterocycles. The van der Waals surface area contributed by atoms with Crippen LogP contribution in [0.25, 0.3) is 0 Å². The van der Waals surface area contributed by atoms with Gasteiger partial charge in [0.1, 0.15) is 6.04 Å². The number of aromatic nitrogens is 1. The highest BCUT2D eigenvalue weighted by molar-refractivity contribution is 5.82. The van der Waals surface area contributed by atoms with Crippen molar-refractivity contribution in [3.05, 3.63) is 34.2 Å². The van der Waals surface area contributed by atoms with Crippen LogP contribution in [0.1, 0.15) is 57.7 Å². The molecule has 2 bridgehead atoms. The third kappa shape index (κ3) is 3.84. The van der Waals surface area contributed by atoms with Crippen LogP contribution in [0.15, 0.2) is 23.0 Å². The number of likely N-dealkylation sites (tertiary alicyclic amines) is 2. The van der Waals surface area contributed by atoms with Crippen molar-refractivity contribution >= 4 is 11.8 Å². The number of nitrogens with zero attached hydrogens (tertiary/aromatic N) is 3. The van der Waals surface area contributed by atoms with Crippen molar-refractivity contribution in [2.45, 2.75) is 64.1 Å². The Morgan fingerprint density at radius 3 is 2.52 bits per heavy atom. The second-order valence-electron chi connectivity index (χ2n) is 9.13. The van der Waals surface area contributed by atoms with Crippen LogP contribution >= 0.6 is 0 Å². The molecule has 158 valence electrons. The topological polar surface area (TPSA) is 74.7 Å². The maximum Gasteiger partial charge on any atom is 0.251 e. The lowest BCUT2D eigenvalue weighted by Crippen LogP contribution is -2.56. The minimum absolute atomic E-state index is 0.0268. The number of carbonyl (C=O) groups excluding carboxylic acids is 2. The number of piperidine rings is 2. The van der Waals surface area contributed by atoms with Gasteiger partial charge >= 0.3 is 0 Å². The van der Waals surface area contributed by atoms with E-state index in [1.54, 1.807) is 17.6 Å². The molecule has 0 spiro atoms. The zero-order chi connectivity index (χ0) is 20.7. The first-order chi connectivity index (χ1) is 13.8. The standard InChI is InChI=1S/C22H32N4O3/c1-14(2)24-9-7-18(8-10-24)23-22(29)21-17-11-16(12-25(13-17)15(3)27)19-5-4-6-20(28)26(19)21/h4-6,14,16-18,21H,7-13H2,1-3H3,(H,23,29)/t16-,17+,21-/m1/s1. The van der Waals surface area contributed by atoms with Gasteiger partial charge in [-0.05, 0) is 39.2 Å². The first-order valence-electron chi connectivity index (χ1n) is 10.9. The molecule has 2 saturated heterocycles. The molecular formula is C22H32N4O3. The second-order valence-corrected chi connectivity index (χ2v) is 9.13. The predicted octanol–water partition coefficient (Wildman–Crippen LogP) is 1.34. The van der Waals surface area contributed by atoms with E-state index in [4.69, 9.17) is 0 Å². The van der Waals surface area contributed by atoms with Gasteiger partial charge in [-0.2, -0.15) is 0 Å². The molecule has 0 radical (unpaired) electrons. The van der Waals surface area contributed by atoms with Crippen molar-refractivity contribution in [2.75, 3.05) is 26.2 Å². The molecule has 0 saturated carbocycles. The third-order valence-electron chi connectivity index (χ3n) is 6.97. The van der Waals surface area contributed by atoms with Gasteiger partial charge in [0.25, 0.3) is 5.56 Å². The first kappa shape index (κ1) is 20.1. The van der Waals surface area contributed by atoms with E-state index in [9.17, 15) is 14.4 Å². The van der Waals surface area contributed by atoms with Crippen LogP contribution in [-0.2, 0) is 9.59 Å². The van der Waals surface area contributed by atoms with Crippen LogP contribution in [-0.4, -0.2) is 64.4 Å². The van der Waals surface area contributed by atoms with Gasteiger partial charge in [0.2, 0.25) is 11.8 Å². The van der Waals surface area contributed by atoms with E-state index >= 15 is 0 Å². The summed E-state index contributed by atoms with van der Waals surface area (Å²) in [5.41, 5.74) is 0.762. The van der Waals surface area contributed by atoms with Crippen LogP contribution in [0, 0.1) is 5.92 Å². The minimum Gasteiger partial charge on any atom is -0.351 e. The predicted molar refractivity (Wildman–Crippen MR) is 111 cm³/mol. The molecule has 1 N–H and O–H groups in total. The lowest BCUT2D eigenvalue weighted by Gasteiger charge is -2.46. The number of hydrogen-bond donors (Lipinski definition) is 1. The lowest BCUT2D eigenvalue weighted by atomic mass is 9.78. The van der Waals surface area contributed by atoms with Crippen LogP contribution in [0.2, 0.25) is 0 Å². The highest BCUT2D eigenvalue weighted by Gasteiger charge is 2.44. The average molecular weight is 401 g/mol. The Balaban J connectivity index is 1.57. The highest BCUT2D eigenvalue weighted by atomic mass is 16.2. The Morgan fingerprint density at radius 1 is 1.14 bits per heavy atom. The molecule has 3 aliphatic rings. The highest BCUT2D eigenvalue weighted by Crippen LogP contribution is 2.41. The van der Waals surface area contributed by atoms with Crippen molar-refractivity contribution in [1.29, 1.82) is 0 Å². The van der Waals surface area contributed by atoms with Crippen LogP contribution < -0.4 is 10.9 Å². The number of fused-ring (bicyclic) bond motifs is 4. The van der Waals surface area contributed by atoms with Gasteiger partial charge in [0.05, 0.1) is 0 Å². The van der Waals surface area contributed by atoms with Crippen molar-refractivity contribution in [3.8, 4) is 0 Å². The zero-order valence-electron chi connectivity index (χ0n) is 17.6. The number of nitrogens with one attached hydrogen (secondary N) is 1. The molecule has 7 heteroatoms. The van der Waals surface area contributed by atoms with Crippen molar-refractivity contribution in [1.82, 2.24) is 19.7 Å². The average Bonchev–Trinajstić information content (AvgIpc) is 2.69. The van der Waals surface area contributed by atoms with E-state index in [0.29, 0.717) is 19.1 Å². The molecule has 2 fully saturated rings. The Kier molecular flexibility index (Phi) is 5.51. The van der Waals surface area contributed by atoms with E-state index in [-0.39, 0.29) is 35.3 Å². The van der Waals surface area contributed by atoms with Gasteiger partial charge in [0, 0.05) is 68.8 Å². The Labute approximate surface area is 172 Å². The molecule has 29 heavy (non-hydrogen) atoms. The first-order valence-corrected chi connectivity index (χ1v) is 10.9. The SMILES string of the molecule is CC(=O)N1C[C@H]2C[C@@H](C1)[C@H](C(=O)NC1CCN(C(C)C)CC1)n1c2cccc1=O. The van der Waals surface area contributed by atoms with Gasteiger partial charge in [0.15, 0.2) is 0 Å². The molecule has 4 heterocycles. The van der Waals surface area contributed by atoms with Gasteiger partial charge in [-0.25, -0.2) is 0 Å². The Bertz CT molecular complexity index is 841. The number of rotatable bonds is 3. The van der Waals surface area contributed by atoms with Gasteiger partial charge in [-0.15, -0.1) is 0 Å². The van der Waals surface area contributed by atoms with Crippen molar-refractivity contribution < 1.29 is 9.59 Å². The maximum atomic E-state index is 13.4. The second kappa shape index (κ2) is 7.94. The fourth-order valence-electron chi connectivity index (χ4n) is 5.37. The fourth-order valence-corrected chi connectivity index (χ4v) is 5.37. The van der Waals surface area contributed by atoms with E-state index in [0.717, 1.165) is 38.0 Å². The molecule has 4 rings (SSSR count). The number of hydrogen-bond acceptors (Lipinski definition) is 4. The number of carbonyl (C=O) groups is 2.